The molecule has 4 nitrogen and oxygen atoms in total. The third kappa shape index (κ3) is 3.78. The van der Waals surface area contributed by atoms with Gasteiger partial charge in [-0.2, -0.15) is 5.26 Å². The van der Waals surface area contributed by atoms with Crippen molar-refractivity contribution in [2.24, 2.45) is 0 Å². The van der Waals surface area contributed by atoms with Gasteiger partial charge in [0.05, 0.1) is 12.2 Å². The largest absolute Gasteiger partial charge is 0.377 e. The number of nitriles is 1. The summed E-state index contributed by atoms with van der Waals surface area (Å²) in [6.07, 6.45) is 1.32. The van der Waals surface area contributed by atoms with Crippen LogP contribution in [0, 0.1) is 11.3 Å². The van der Waals surface area contributed by atoms with E-state index in [0.29, 0.717) is 0 Å². The monoisotopic (exact) mass is 211 g/mol. The summed E-state index contributed by atoms with van der Waals surface area (Å²) in [6, 6.07) is 2.32. The molecule has 1 aliphatic rings. The molecule has 15 heavy (non-hydrogen) atoms. The molecule has 0 spiro atoms. The Morgan fingerprint density at radius 3 is 3.00 bits per heavy atom. The molecule has 1 fully saturated rings. The molecule has 0 radical (unpaired) electrons. The maximum atomic E-state index is 9.08. The third-order valence-corrected chi connectivity index (χ3v) is 2.87. The molecule has 0 saturated carbocycles. The van der Waals surface area contributed by atoms with Crippen LogP contribution in [-0.4, -0.2) is 49.8 Å². The molecule has 0 bridgehead atoms. The van der Waals surface area contributed by atoms with Gasteiger partial charge in [0, 0.05) is 26.2 Å². The van der Waals surface area contributed by atoms with Crippen LogP contribution in [0.15, 0.2) is 0 Å². The minimum absolute atomic E-state index is 0.271. The van der Waals surface area contributed by atoms with Gasteiger partial charge in [0.1, 0.15) is 5.54 Å². The average Bonchev–Trinajstić information content (AvgIpc) is 2.42. The number of nitrogens with one attached hydrogen (secondary N) is 1. The molecule has 0 aromatic rings. The van der Waals surface area contributed by atoms with Crippen LogP contribution in [-0.2, 0) is 4.74 Å². The molecular weight excluding hydrogens is 190 g/mol. The molecule has 0 aromatic heterocycles. The van der Waals surface area contributed by atoms with Crippen LogP contribution in [0.25, 0.3) is 0 Å². The molecule has 1 rings (SSSR count). The first-order valence-corrected chi connectivity index (χ1v) is 5.54. The minimum Gasteiger partial charge on any atom is -0.377 e. The van der Waals surface area contributed by atoms with Crippen LogP contribution >= 0.6 is 0 Å². The van der Waals surface area contributed by atoms with Gasteiger partial charge in [0.25, 0.3) is 0 Å². The normalized spacial score (nSPS) is 27.7. The molecule has 0 aromatic carbocycles. The maximum absolute atomic E-state index is 9.08. The smallest absolute Gasteiger partial charge is 0.116 e. The molecular formula is C11H21N3O. The van der Waals surface area contributed by atoms with E-state index in [0.717, 1.165) is 32.7 Å². The Hall–Kier alpha value is -0.630. The number of hydrogen-bond acceptors (Lipinski definition) is 4. The van der Waals surface area contributed by atoms with E-state index in [1.807, 2.05) is 14.0 Å². The lowest BCUT2D eigenvalue weighted by Crippen LogP contribution is -2.50. The van der Waals surface area contributed by atoms with Crippen LogP contribution < -0.4 is 5.32 Å². The summed E-state index contributed by atoms with van der Waals surface area (Å²) >= 11 is 0. The molecule has 1 heterocycles. The lowest BCUT2D eigenvalue weighted by atomic mass is 10.0. The Labute approximate surface area is 92.2 Å². The zero-order chi connectivity index (χ0) is 11.3. The van der Waals surface area contributed by atoms with E-state index in [9.17, 15) is 0 Å². The van der Waals surface area contributed by atoms with Crippen molar-refractivity contribution in [1.82, 2.24) is 10.2 Å². The Morgan fingerprint density at radius 2 is 2.40 bits per heavy atom. The molecule has 2 atom stereocenters. The van der Waals surface area contributed by atoms with E-state index < -0.39 is 5.54 Å². The van der Waals surface area contributed by atoms with Gasteiger partial charge in [-0.3, -0.25) is 4.90 Å². The van der Waals surface area contributed by atoms with E-state index in [1.165, 1.54) is 0 Å². The summed E-state index contributed by atoms with van der Waals surface area (Å²) in [5.41, 5.74) is -0.454. The molecule has 1 saturated heterocycles. The van der Waals surface area contributed by atoms with Crippen molar-refractivity contribution in [1.29, 1.82) is 5.26 Å². The number of hydrogen-bond donors (Lipinski definition) is 1. The van der Waals surface area contributed by atoms with E-state index in [1.54, 1.807) is 0 Å². The molecule has 4 heteroatoms. The van der Waals surface area contributed by atoms with Crippen LogP contribution in [0.3, 0.4) is 0 Å². The SMILES string of the molecule is CNC(C)(C#N)CN1CCCOC(C)C1. The van der Waals surface area contributed by atoms with Crippen LogP contribution in [0.2, 0.25) is 0 Å². The highest BCUT2D eigenvalue weighted by Gasteiger charge is 2.26. The quantitative estimate of drug-likeness (QED) is 0.742. The van der Waals surface area contributed by atoms with Crippen LogP contribution in [0.1, 0.15) is 20.3 Å². The van der Waals surface area contributed by atoms with Crippen molar-refractivity contribution in [2.75, 3.05) is 33.3 Å². The Bertz CT molecular complexity index is 238. The third-order valence-electron chi connectivity index (χ3n) is 2.87. The van der Waals surface area contributed by atoms with Crippen LogP contribution in [0.5, 0.6) is 0 Å². The fourth-order valence-corrected chi connectivity index (χ4v) is 1.84. The predicted octanol–water partition coefficient (Wildman–Crippen LogP) is 0.599. The molecule has 0 amide bonds. The van der Waals surface area contributed by atoms with Crippen LogP contribution in [0.4, 0.5) is 0 Å². The Kier molecular flexibility index (Phi) is 4.52. The summed E-state index contributed by atoms with van der Waals surface area (Å²) in [4.78, 5) is 2.30. The van der Waals surface area contributed by atoms with Crippen molar-refractivity contribution in [2.45, 2.75) is 31.9 Å². The van der Waals surface area contributed by atoms with Gasteiger partial charge in [-0.25, -0.2) is 0 Å². The summed E-state index contributed by atoms with van der Waals surface area (Å²) in [7, 11) is 1.83. The van der Waals surface area contributed by atoms with Gasteiger partial charge < -0.3 is 10.1 Å². The van der Waals surface area contributed by atoms with E-state index in [-0.39, 0.29) is 6.10 Å². The lowest BCUT2D eigenvalue weighted by Gasteiger charge is -2.30. The molecule has 2 unspecified atom stereocenters. The van der Waals surface area contributed by atoms with Gasteiger partial charge in [-0.1, -0.05) is 0 Å². The lowest BCUT2D eigenvalue weighted by molar-refractivity contribution is 0.0654. The van der Waals surface area contributed by atoms with Gasteiger partial charge in [-0.05, 0) is 27.3 Å². The maximum Gasteiger partial charge on any atom is 0.116 e. The Morgan fingerprint density at radius 1 is 1.67 bits per heavy atom. The number of ether oxygens (including phenoxy) is 1. The second-order valence-electron chi connectivity index (χ2n) is 4.46. The van der Waals surface area contributed by atoms with Gasteiger partial charge in [0.15, 0.2) is 0 Å². The van der Waals surface area contributed by atoms with E-state index in [4.69, 9.17) is 10.00 Å². The highest BCUT2D eigenvalue weighted by molar-refractivity contribution is 5.05. The Balaban J connectivity index is 2.52. The van der Waals surface area contributed by atoms with Crippen molar-refractivity contribution in [3.63, 3.8) is 0 Å². The summed E-state index contributed by atoms with van der Waals surface area (Å²) in [5, 5.41) is 12.1. The first kappa shape index (κ1) is 12.4. The number of nitrogens with zero attached hydrogens (tertiary/aromatic N) is 2. The predicted molar refractivity (Wildman–Crippen MR) is 59.5 cm³/mol. The van der Waals surface area contributed by atoms with E-state index in [2.05, 4.69) is 23.2 Å². The summed E-state index contributed by atoms with van der Waals surface area (Å²) in [6.45, 7) is 7.54. The van der Waals surface area contributed by atoms with Gasteiger partial charge >= 0.3 is 0 Å². The van der Waals surface area contributed by atoms with Crippen molar-refractivity contribution in [3.05, 3.63) is 0 Å². The van der Waals surface area contributed by atoms with Crippen molar-refractivity contribution >= 4 is 0 Å². The van der Waals surface area contributed by atoms with Crippen molar-refractivity contribution in [3.8, 4) is 6.07 Å². The summed E-state index contributed by atoms with van der Waals surface area (Å²) < 4.78 is 5.57. The highest BCUT2D eigenvalue weighted by atomic mass is 16.5. The highest BCUT2D eigenvalue weighted by Crippen LogP contribution is 2.10. The number of likely N-dealkylation sites (N-methyl/N-ethyl adjacent to an activating group) is 1. The number of rotatable bonds is 3. The first-order valence-electron chi connectivity index (χ1n) is 5.54. The second-order valence-corrected chi connectivity index (χ2v) is 4.46. The first-order chi connectivity index (χ1) is 7.09. The molecule has 86 valence electrons. The average molecular weight is 211 g/mol. The standard InChI is InChI=1S/C11H21N3O/c1-10-7-14(5-4-6-15-10)9-11(2,8-12)13-3/h10,13H,4-7,9H2,1-3H3. The zero-order valence-electron chi connectivity index (χ0n) is 9.92. The molecule has 0 aliphatic carbocycles. The zero-order valence-corrected chi connectivity index (χ0v) is 9.92. The fourth-order valence-electron chi connectivity index (χ4n) is 1.84. The second kappa shape index (κ2) is 5.45. The van der Waals surface area contributed by atoms with Gasteiger partial charge in [0.2, 0.25) is 0 Å². The summed E-state index contributed by atoms with van der Waals surface area (Å²) in [5.74, 6) is 0. The fraction of sp³-hybridized carbons (Fsp3) is 0.909. The molecule has 1 aliphatic heterocycles. The molecule has 1 N–H and O–H groups in total. The van der Waals surface area contributed by atoms with E-state index >= 15 is 0 Å². The topological polar surface area (TPSA) is 48.3 Å². The minimum atomic E-state index is -0.454. The van der Waals surface area contributed by atoms with Gasteiger partial charge in [-0.15, -0.1) is 0 Å². The van der Waals surface area contributed by atoms with Crippen molar-refractivity contribution < 1.29 is 4.74 Å².